The lowest BCUT2D eigenvalue weighted by Crippen LogP contribution is -2.32. The second kappa shape index (κ2) is 7.41. The molecule has 0 aromatic heterocycles. The topological polar surface area (TPSA) is 84.0 Å². The van der Waals surface area contributed by atoms with Gasteiger partial charge in [-0.25, -0.2) is 4.79 Å². The lowest BCUT2D eigenvalue weighted by molar-refractivity contribution is -0.0584. The van der Waals surface area contributed by atoms with Crippen LogP contribution in [0.25, 0.3) is 0 Å². The summed E-state index contributed by atoms with van der Waals surface area (Å²) in [5, 5.41) is 0.460. The summed E-state index contributed by atoms with van der Waals surface area (Å²) in [4.78, 5) is 55.7. The minimum absolute atomic E-state index is 0.127. The number of hydrogen-bond acceptors (Lipinski definition) is 5. The van der Waals surface area contributed by atoms with Gasteiger partial charge in [0, 0.05) is 18.7 Å². The van der Waals surface area contributed by atoms with Gasteiger partial charge in [0.1, 0.15) is 0 Å². The first-order valence-electron chi connectivity index (χ1n) is 8.57. The molecule has 0 aliphatic carbocycles. The molecule has 0 saturated heterocycles. The summed E-state index contributed by atoms with van der Waals surface area (Å²) in [6.07, 6.45) is 0. The van der Waals surface area contributed by atoms with Crippen molar-refractivity contribution in [1.29, 1.82) is 0 Å². The fraction of sp³-hybridized carbons (Fsp3) is 0.200. The van der Waals surface area contributed by atoms with E-state index in [1.807, 2.05) is 13.8 Å². The summed E-state index contributed by atoms with van der Waals surface area (Å²) >= 11 is 0. The van der Waals surface area contributed by atoms with Crippen LogP contribution >= 0.6 is 0 Å². The molecule has 7 heteroatoms. The third-order valence-electron chi connectivity index (χ3n) is 4.35. The molecule has 0 unspecified atom stereocenters. The van der Waals surface area contributed by atoms with E-state index in [2.05, 4.69) is 0 Å². The van der Waals surface area contributed by atoms with Gasteiger partial charge < -0.3 is 9.74 Å². The average Bonchev–Trinajstić information content (AvgIpc) is 2.94. The van der Waals surface area contributed by atoms with Gasteiger partial charge in [0.05, 0.1) is 16.7 Å². The number of fused-ring (bicyclic) bond motifs is 1. The lowest BCUT2D eigenvalue weighted by atomic mass is 10.1. The number of hydroxylamine groups is 2. The summed E-state index contributed by atoms with van der Waals surface area (Å²) in [6, 6.07) is 12.1. The van der Waals surface area contributed by atoms with Gasteiger partial charge in [-0.15, -0.1) is 0 Å². The average molecular weight is 366 g/mol. The summed E-state index contributed by atoms with van der Waals surface area (Å²) in [6.45, 7) is 4.93. The number of nitrogens with zero attached hydrogens (tertiary/aromatic N) is 2. The fourth-order valence-electron chi connectivity index (χ4n) is 2.83. The summed E-state index contributed by atoms with van der Waals surface area (Å²) in [5.41, 5.74) is 0.949. The Labute approximate surface area is 156 Å². The van der Waals surface area contributed by atoms with Crippen LogP contribution in [0.5, 0.6) is 0 Å². The van der Waals surface area contributed by atoms with Crippen molar-refractivity contribution in [1.82, 2.24) is 9.96 Å². The molecule has 2 aromatic rings. The van der Waals surface area contributed by atoms with Gasteiger partial charge in [0.25, 0.3) is 17.7 Å². The van der Waals surface area contributed by atoms with Crippen LogP contribution in [0.2, 0.25) is 0 Å². The van der Waals surface area contributed by atoms with Gasteiger partial charge in [-0.3, -0.25) is 14.4 Å². The van der Waals surface area contributed by atoms with E-state index in [1.54, 1.807) is 17.0 Å². The number of benzene rings is 2. The number of amides is 3. The van der Waals surface area contributed by atoms with E-state index in [-0.39, 0.29) is 22.6 Å². The highest BCUT2D eigenvalue weighted by atomic mass is 16.7. The molecule has 1 aliphatic heterocycles. The van der Waals surface area contributed by atoms with Crippen LogP contribution in [0.3, 0.4) is 0 Å². The van der Waals surface area contributed by atoms with E-state index in [0.29, 0.717) is 23.7 Å². The molecule has 0 atom stereocenters. The Morgan fingerprint density at radius 1 is 0.852 bits per heavy atom. The molecule has 3 rings (SSSR count). The number of rotatable bonds is 5. The molecule has 0 radical (unpaired) electrons. The second-order valence-corrected chi connectivity index (χ2v) is 5.88. The quantitative estimate of drug-likeness (QED) is 0.760. The molecular weight excluding hydrogens is 348 g/mol. The predicted molar refractivity (Wildman–Crippen MR) is 96.1 cm³/mol. The Balaban J connectivity index is 1.73. The molecule has 3 amide bonds. The Bertz CT molecular complexity index is 881. The molecule has 138 valence electrons. The van der Waals surface area contributed by atoms with E-state index in [9.17, 15) is 19.2 Å². The number of carbonyl (C=O) groups excluding carboxylic acids is 4. The van der Waals surface area contributed by atoms with Gasteiger partial charge >= 0.3 is 5.97 Å². The van der Waals surface area contributed by atoms with Gasteiger partial charge in [-0.1, -0.05) is 17.2 Å². The number of imide groups is 1. The van der Waals surface area contributed by atoms with E-state index >= 15 is 0 Å². The molecular formula is C20H18N2O5. The highest BCUT2D eigenvalue weighted by molar-refractivity contribution is 6.21. The van der Waals surface area contributed by atoms with Gasteiger partial charge in [0.2, 0.25) is 0 Å². The van der Waals surface area contributed by atoms with Crippen LogP contribution in [-0.2, 0) is 4.84 Å². The zero-order valence-corrected chi connectivity index (χ0v) is 15.0. The van der Waals surface area contributed by atoms with Crippen molar-refractivity contribution in [3.8, 4) is 0 Å². The molecule has 0 spiro atoms. The van der Waals surface area contributed by atoms with Gasteiger partial charge in [-0.2, -0.15) is 0 Å². The van der Waals surface area contributed by atoms with Gasteiger partial charge in [0.15, 0.2) is 0 Å². The maximum Gasteiger partial charge on any atom is 0.363 e. The summed E-state index contributed by atoms with van der Waals surface area (Å²) in [7, 11) is 0. The third kappa shape index (κ3) is 3.31. The molecule has 2 aromatic carbocycles. The van der Waals surface area contributed by atoms with Crippen molar-refractivity contribution in [2.75, 3.05) is 13.1 Å². The molecule has 7 nitrogen and oxygen atoms in total. The summed E-state index contributed by atoms with van der Waals surface area (Å²) in [5.74, 6) is -2.36. The minimum atomic E-state index is -0.855. The van der Waals surface area contributed by atoms with Crippen LogP contribution in [0.1, 0.15) is 55.3 Å². The number of carbonyl (C=O) groups is 4. The van der Waals surface area contributed by atoms with Crippen molar-refractivity contribution in [2.45, 2.75) is 13.8 Å². The Kier molecular flexibility index (Phi) is 5.03. The molecule has 1 heterocycles. The second-order valence-electron chi connectivity index (χ2n) is 5.88. The van der Waals surface area contributed by atoms with Crippen molar-refractivity contribution >= 4 is 23.7 Å². The highest BCUT2D eigenvalue weighted by Crippen LogP contribution is 2.23. The van der Waals surface area contributed by atoms with E-state index < -0.39 is 17.8 Å². The molecule has 1 aliphatic rings. The van der Waals surface area contributed by atoms with Crippen molar-refractivity contribution in [3.05, 3.63) is 70.8 Å². The van der Waals surface area contributed by atoms with Gasteiger partial charge in [-0.05, 0) is 50.2 Å². The van der Waals surface area contributed by atoms with Crippen LogP contribution < -0.4 is 0 Å². The lowest BCUT2D eigenvalue weighted by Gasteiger charge is -2.18. The Morgan fingerprint density at radius 3 is 1.81 bits per heavy atom. The van der Waals surface area contributed by atoms with Crippen molar-refractivity contribution in [3.63, 3.8) is 0 Å². The maximum atomic E-state index is 12.3. The van der Waals surface area contributed by atoms with Crippen molar-refractivity contribution < 1.29 is 24.0 Å². The van der Waals surface area contributed by atoms with Crippen LogP contribution in [-0.4, -0.2) is 46.7 Å². The largest absolute Gasteiger partial charge is 0.363 e. The smallest absolute Gasteiger partial charge is 0.339 e. The molecule has 0 saturated carbocycles. The monoisotopic (exact) mass is 366 g/mol. The van der Waals surface area contributed by atoms with E-state index in [0.717, 1.165) is 0 Å². The highest BCUT2D eigenvalue weighted by Gasteiger charge is 2.38. The zero-order chi connectivity index (χ0) is 19.6. The van der Waals surface area contributed by atoms with Crippen LogP contribution in [0.15, 0.2) is 48.5 Å². The molecule has 27 heavy (non-hydrogen) atoms. The van der Waals surface area contributed by atoms with Crippen LogP contribution in [0, 0.1) is 0 Å². The normalized spacial score (nSPS) is 12.7. The van der Waals surface area contributed by atoms with E-state index in [1.165, 1.54) is 36.4 Å². The first-order chi connectivity index (χ1) is 13.0. The maximum absolute atomic E-state index is 12.3. The van der Waals surface area contributed by atoms with Crippen molar-refractivity contribution in [2.24, 2.45) is 0 Å². The minimum Gasteiger partial charge on any atom is -0.339 e. The Morgan fingerprint density at radius 2 is 1.33 bits per heavy atom. The first-order valence-corrected chi connectivity index (χ1v) is 8.57. The first kappa shape index (κ1) is 18.3. The Hall–Kier alpha value is -3.48. The molecule has 0 bridgehead atoms. The van der Waals surface area contributed by atoms with E-state index in [4.69, 9.17) is 4.84 Å². The fourth-order valence-corrected chi connectivity index (χ4v) is 2.83. The molecule has 0 fully saturated rings. The summed E-state index contributed by atoms with van der Waals surface area (Å²) < 4.78 is 0. The predicted octanol–water partition coefficient (Wildman–Crippen LogP) is 2.54. The number of hydrogen-bond donors (Lipinski definition) is 0. The third-order valence-corrected chi connectivity index (χ3v) is 4.35. The molecule has 0 N–H and O–H groups in total. The zero-order valence-electron chi connectivity index (χ0n) is 15.0. The van der Waals surface area contributed by atoms with Crippen LogP contribution in [0.4, 0.5) is 0 Å². The SMILES string of the molecule is CCN(CC)C(=O)c1ccc(C(=O)ON2C(=O)c3ccccc3C2=O)cc1. The standard InChI is InChI=1S/C20H18N2O5/c1-3-21(4-2)17(23)13-9-11-14(12-10-13)20(26)27-22-18(24)15-7-5-6-8-16(15)19(22)25/h5-12H,3-4H2,1-2H3.